The zero-order valence-electron chi connectivity index (χ0n) is 10.1. The molecule has 0 saturated heterocycles. The van der Waals surface area contributed by atoms with Crippen molar-refractivity contribution in [3.05, 3.63) is 35.4 Å². The first-order valence-corrected chi connectivity index (χ1v) is 5.56. The highest BCUT2D eigenvalue weighted by Crippen LogP contribution is 2.36. The van der Waals surface area contributed by atoms with Crippen molar-refractivity contribution in [3.8, 4) is 34.5 Å². The standard InChI is InChI=1S/C14H12O6/c15-7-3-11(17)9(12(18)4-7)1-2-10-13(19)5-8(16)6-14(10)20/h1-6,15-20H. The lowest BCUT2D eigenvalue weighted by molar-refractivity contribution is 0.424. The Bertz CT molecular complexity index is 585. The van der Waals surface area contributed by atoms with Crippen molar-refractivity contribution in [1.29, 1.82) is 0 Å². The molecule has 0 fully saturated rings. The van der Waals surface area contributed by atoms with Gasteiger partial charge in [-0.15, -0.1) is 0 Å². The summed E-state index contributed by atoms with van der Waals surface area (Å²) < 4.78 is 0. The second-order valence-electron chi connectivity index (χ2n) is 4.13. The van der Waals surface area contributed by atoms with Crippen molar-refractivity contribution in [2.24, 2.45) is 0 Å². The summed E-state index contributed by atoms with van der Waals surface area (Å²) in [4.78, 5) is 0. The minimum Gasteiger partial charge on any atom is -0.508 e. The van der Waals surface area contributed by atoms with Crippen molar-refractivity contribution < 1.29 is 30.6 Å². The third kappa shape index (κ3) is 2.54. The summed E-state index contributed by atoms with van der Waals surface area (Å²) in [7, 11) is 0. The molecule has 0 bridgehead atoms. The molecule has 6 N–H and O–H groups in total. The molecule has 2 rings (SSSR count). The first-order chi connectivity index (χ1) is 9.38. The summed E-state index contributed by atoms with van der Waals surface area (Å²) in [5.41, 5.74) is 0.0179. The second-order valence-corrected chi connectivity index (χ2v) is 4.13. The van der Waals surface area contributed by atoms with Gasteiger partial charge in [0.1, 0.15) is 34.5 Å². The summed E-state index contributed by atoms with van der Waals surface area (Å²) in [5.74, 6) is -2.05. The maximum atomic E-state index is 9.60. The third-order valence-corrected chi connectivity index (χ3v) is 2.66. The molecule has 0 radical (unpaired) electrons. The van der Waals surface area contributed by atoms with Crippen LogP contribution in [0.2, 0.25) is 0 Å². The monoisotopic (exact) mass is 276 g/mol. The predicted octanol–water partition coefficient (Wildman–Crippen LogP) is 2.09. The third-order valence-electron chi connectivity index (χ3n) is 2.66. The van der Waals surface area contributed by atoms with Gasteiger partial charge in [0, 0.05) is 24.3 Å². The molecule has 104 valence electrons. The van der Waals surface area contributed by atoms with Crippen LogP contribution >= 0.6 is 0 Å². The lowest BCUT2D eigenvalue weighted by Crippen LogP contribution is -1.80. The van der Waals surface area contributed by atoms with Gasteiger partial charge in [0.25, 0.3) is 0 Å². The van der Waals surface area contributed by atoms with Gasteiger partial charge < -0.3 is 30.6 Å². The second kappa shape index (κ2) is 4.93. The van der Waals surface area contributed by atoms with Gasteiger partial charge in [-0.2, -0.15) is 0 Å². The smallest absolute Gasteiger partial charge is 0.130 e. The van der Waals surface area contributed by atoms with E-state index >= 15 is 0 Å². The van der Waals surface area contributed by atoms with E-state index in [1.807, 2.05) is 0 Å². The minimum absolute atomic E-state index is 0.00896. The number of benzene rings is 2. The Hall–Kier alpha value is -3.02. The number of phenols is 6. The van der Waals surface area contributed by atoms with Gasteiger partial charge in [0.2, 0.25) is 0 Å². The minimum atomic E-state index is -0.364. The van der Waals surface area contributed by atoms with Gasteiger partial charge in [0.15, 0.2) is 0 Å². The van der Waals surface area contributed by atoms with Crippen LogP contribution in [0.4, 0.5) is 0 Å². The molecule has 0 amide bonds. The molecule has 0 aromatic heterocycles. The van der Waals surface area contributed by atoms with Gasteiger partial charge in [-0.1, -0.05) is 0 Å². The van der Waals surface area contributed by atoms with E-state index in [1.54, 1.807) is 0 Å². The summed E-state index contributed by atoms with van der Waals surface area (Å²) in [6, 6.07) is 4.15. The molecule has 0 aliphatic rings. The summed E-state index contributed by atoms with van der Waals surface area (Å²) >= 11 is 0. The molecule has 0 spiro atoms. The zero-order chi connectivity index (χ0) is 14.9. The first-order valence-electron chi connectivity index (χ1n) is 5.56. The Balaban J connectivity index is 2.45. The molecular formula is C14H12O6. The van der Waals surface area contributed by atoms with E-state index in [1.165, 1.54) is 12.2 Å². The number of rotatable bonds is 2. The molecule has 0 unspecified atom stereocenters. The Labute approximate surface area is 113 Å². The van der Waals surface area contributed by atoms with Crippen LogP contribution in [-0.2, 0) is 0 Å². The number of hydrogen-bond donors (Lipinski definition) is 6. The number of hydrogen-bond acceptors (Lipinski definition) is 6. The number of aromatic hydroxyl groups is 6. The average molecular weight is 276 g/mol. The van der Waals surface area contributed by atoms with Crippen LogP contribution in [0.15, 0.2) is 24.3 Å². The van der Waals surface area contributed by atoms with Gasteiger partial charge in [-0.05, 0) is 12.2 Å². The van der Waals surface area contributed by atoms with E-state index in [-0.39, 0.29) is 45.6 Å². The molecule has 0 heterocycles. The molecule has 6 nitrogen and oxygen atoms in total. The van der Waals surface area contributed by atoms with Crippen molar-refractivity contribution >= 4 is 12.2 Å². The van der Waals surface area contributed by atoms with E-state index in [4.69, 9.17) is 0 Å². The van der Waals surface area contributed by atoms with Gasteiger partial charge in [0.05, 0.1) is 11.1 Å². The van der Waals surface area contributed by atoms with Crippen LogP contribution in [0.1, 0.15) is 11.1 Å². The van der Waals surface area contributed by atoms with Gasteiger partial charge in [-0.3, -0.25) is 0 Å². The van der Waals surface area contributed by atoms with Crippen molar-refractivity contribution in [1.82, 2.24) is 0 Å². The Kier molecular flexibility index (Phi) is 3.30. The normalized spacial score (nSPS) is 11.0. The first kappa shape index (κ1) is 13.4. The van der Waals surface area contributed by atoms with Crippen molar-refractivity contribution in [3.63, 3.8) is 0 Å². The zero-order valence-corrected chi connectivity index (χ0v) is 10.1. The van der Waals surface area contributed by atoms with Crippen molar-refractivity contribution in [2.75, 3.05) is 0 Å². The van der Waals surface area contributed by atoms with Crippen LogP contribution in [0.5, 0.6) is 34.5 Å². The molecule has 0 aliphatic carbocycles. The molecule has 20 heavy (non-hydrogen) atoms. The largest absolute Gasteiger partial charge is 0.508 e. The lowest BCUT2D eigenvalue weighted by atomic mass is 10.1. The van der Waals surface area contributed by atoms with Crippen LogP contribution < -0.4 is 0 Å². The topological polar surface area (TPSA) is 121 Å². The summed E-state index contributed by atoms with van der Waals surface area (Å²) in [6.45, 7) is 0. The SMILES string of the molecule is Oc1cc(O)c(C=Cc2c(O)cc(O)cc2O)c(O)c1. The molecule has 2 aromatic rings. The van der Waals surface area contributed by atoms with E-state index in [9.17, 15) is 30.6 Å². The molecule has 2 aromatic carbocycles. The molecule has 6 heteroatoms. The Morgan fingerprint density at radius 2 is 0.750 bits per heavy atom. The predicted molar refractivity (Wildman–Crippen MR) is 71.8 cm³/mol. The van der Waals surface area contributed by atoms with Crippen LogP contribution in [0.3, 0.4) is 0 Å². The van der Waals surface area contributed by atoms with Gasteiger partial charge in [-0.25, -0.2) is 0 Å². The van der Waals surface area contributed by atoms with E-state index in [0.717, 1.165) is 24.3 Å². The van der Waals surface area contributed by atoms with E-state index in [0.29, 0.717) is 0 Å². The van der Waals surface area contributed by atoms with Gasteiger partial charge >= 0.3 is 0 Å². The molecule has 0 atom stereocenters. The fraction of sp³-hybridized carbons (Fsp3) is 0. The van der Waals surface area contributed by atoms with E-state index < -0.39 is 0 Å². The highest BCUT2D eigenvalue weighted by Gasteiger charge is 2.09. The quantitative estimate of drug-likeness (QED) is 0.467. The fourth-order valence-electron chi connectivity index (χ4n) is 1.73. The molecular weight excluding hydrogens is 264 g/mol. The van der Waals surface area contributed by atoms with Crippen LogP contribution in [-0.4, -0.2) is 30.6 Å². The summed E-state index contributed by atoms with van der Waals surface area (Å²) in [5, 5.41) is 56.7. The average Bonchev–Trinajstić information content (AvgIpc) is 2.30. The molecule has 0 aliphatic heterocycles. The van der Waals surface area contributed by atoms with E-state index in [2.05, 4.69) is 0 Å². The Morgan fingerprint density at radius 1 is 0.500 bits per heavy atom. The Morgan fingerprint density at radius 3 is 1.00 bits per heavy atom. The van der Waals surface area contributed by atoms with Crippen LogP contribution in [0, 0.1) is 0 Å². The van der Waals surface area contributed by atoms with Crippen LogP contribution in [0.25, 0.3) is 12.2 Å². The lowest BCUT2D eigenvalue weighted by Gasteiger charge is -2.06. The van der Waals surface area contributed by atoms with Crippen molar-refractivity contribution in [2.45, 2.75) is 0 Å². The highest BCUT2D eigenvalue weighted by molar-refractivity contribution is 5.80. The number of phenolic OH excluding ortho intramolecular Hbond substituents is 6. The molecule has 0 saturated carbocycles. The summed E-state index contributed by atoms with van der Waals surface area (Å²) in [6.07, 6.45) is 2.49. The maximum Gasteiger partial charge on any atom is 0.130 e. The maximum absolute atomic E-state index is 9.60. The highest BCUT2D eigenvalue weighted by atomic mass is 16.3. The fourth-order valence-corrected chi connectivity index (χ4v) is 1.73.